The highest BCUT2D eigenvalue weighted by Gasteiger charge is 2.31. The van der Waals surface area contributed by atoms with Crippen molar-refractivity contribution in [1.82, 2.24) is 10.2 Å². The highest BCUT2D eigenvalue weighted by molar-refractivity contribution is 9.10. The van der Waals surface area contributed by atoms with Gasteiger partial charge in [0.15, 0.2) is 0 Å². The number of benzene rings is 1. The Bertz CT molecular complexity index is 628. The zero-order chi connectivity index (χ0) is 17.1. The van der Waals surface area contributed by atoms with Crippen molar-refractivity contribution in [2.24, 2.45) is 5.92 Å². The van der Waals surface area contributed by atoms with Gasteiger partial charge in [-0.1, -0.05) is 15.9 Å². The molecule has 3 rings (SSSR count). The topological polar surface area (TPSA) is 61.4 Å². The van der Waals surface area contributed by atoms with Gasteiger partial charge in [-0.3, -0.25) is 14.5 Å². The van der Waals surface area contributed by atoms with Crippen LogP contribution in [0.1, 0.15) is 25.7 Å². The lowest BCUT2D eigenvalue weighted by Crippen LogP contribution is -2.46. The van der Waals surface area contributed by atoms with Gasteiger partial charge in [0.05, 0.1) is 12.2 Å². The van der Waals surface area contributed by atoms with Crippen molar-refractivity contribution < 1.29 is 14.0 Å². The average molecular weight is 398 g/mol. The van der Waals surface area contributed by atoms with Gasteiger partial charge < -0.3 is 10.6 Å². The smallest absolute Gasteiger partial charge is 0.238 e. The predicted octanol–water partition coefficient (Wildman–Crippen LogP) is 2.52. The number of hydrogen-bond acceptors (Lipinski definition) is 3. The third-order valence-electron chi connectivity index (χ3n) is 4.45. The maximum Gasteiger partial charge on any atom is 0.238 e. The van der Waals surface area contributed by atoms with Crippen LogP contribution < -0.4 is 10.6 Å². The van der Waals surface area contributed by atoms with E-state index in [9.17, 15) is 14.0 Å². The lowest BCUT2D eigenvalue weighted by Gasteiger charge is -2.31. The van der Waals surface area contributed by atoms with Crippen molar-refractivity contribution in [3.8, 4) is 0 Å². The maximum absolute atomic E-state index is 13.7. The summed E-state index contributed by atoms with van der Waals surface area (Å²) in [5, 5.41) is 5.69. The molecule has 1 aliphatic heterocycles. The number of carbonyl (C=O) groups is 2. The Morgan fingerprint density at radius 1 is 1.21 bits per heavy atom. The van der Waals surface area contributed by atoms with Crippen LogP contribution in [0, 0.1) is 11.7 Å². The second kappa shape index (κ2) is 7.61. The molecule has 2 fully saturated rings. The molecule has 0 unspecified atom stereocenters. The Balaban J connectivity index is 1.42. The van der Waals surface area contributed by atoms with Gasteiger partial charge in [-0.2, -0.15) is 0 Å². The number of rotatable bonds is 5. The van der Waals surface area contributed by atoms with Crippen LogP contribution >= 0.6 is 15.9 Å². The van der Waals surface area contributed by atoms with Gasteiger partial charge in [-0.15, -0.1) is 0 Å². The van der Waals surface area contributed by atoms with Crippen LogP contribution in [-0.2, 0) is 9.59 Å². The highest BCUT2D eigenvalue weighted by Crippen LogP contribution is 2.29. The van der Waals surface area contributed by atoms with Crippen LogP contribution in [0.5, 0.6) is 0 Å². The summed E-state index contributed by atoms with van der Waals surface area (Å²) in [6, 6.07) is 4.76. The normalized spacial score (nSPS) is 19.1. The van der Waals surface area contributed by atoms with E-state index < -0.39 is 5.82 Å². The molecule has 24 heavy (non-hydrogen) atoms. The molecule has 1 aliphatic carbocycles. The fraction of sp³-hybridized carbons (Fsp3) is 0.529. The van der Waals surface area contributed by atoms with Crippen LogP contribution in [0.25, 0.3) is 0 Å². The van der Waals surface area contributed by atoms with Gasteiger partial charge in [-0.25, -0.2) is 4.39 Å². The van der Waals surface area contributed by atoms with Crippen molar-refractivity contribution in [3.63, 3.8) is 0 Å². The van der Waals surface area contributed by atoms with Crippen molar-refractivity contribution >= 4 is 33.4 Å². The van der Waals surface area contributed by atoms with E-state index in [0.717, 1.165) is 38.8 Å². The second-order valence-corrected chi connectivity index (χ2v) is 7.42. The Kier molecular flexibility index (Phi) is 5.50. The molecule has 1 saturated heterocycles. The molecule has 0 radical (unpaired) electrons. The van der Waals surface area contributed by atoms with E-state index in [4.69, 9.17) is 0 Å². The Labute approximate surface area is 149 Å². The number of nitrogens with zero attached hydrogens (tertiary/aromatic N) is 1. The maximum atomic E-state index is 13.7. The Hall–Kier alpha value is -1.47. The van der Waals surface area contributed by atoms with Crippen molar-refractivity contribution in [2.45, 2.75) is 31.7 Å². The predicted molar refractivity (Wildman–Crippen MR) is 93.1 cm³/mol. The number of halogens is 2. The molecule has 2 N–H and O–H groups in total. The van der Waals surface area contributed by atoms with Crippen LogP contribution in [-0.4, -0.2) is 42.4 Å². The molecule has 1 saturated carbocycles. The molecule has 1 aromatic carbocycles. The molecule has 0 atom stereocenters. The fourth-order valence-corrected chi connectivity index (χ4v) is 3.22. The molecule has 5 nitrogen and oxygen atoms in total. The molecule has 130 valence electrons. The minimum absolute atomic E-state index is 0.178. The van der Waals surface area contributed by atoms with Gasteiger partial charge in [0, 0.05) is 29.5 Å². The molecule has 0 aromatic heterocycles. The second-order valence-electron chi connectivity index (χ2n) is 6.51. The molecule has 1 heterocycles. The first kappa shape index (κ1) is 17.4. The van der Waals surface area contributed by atoms with E-state index in [2.05, 4.69) is 26.6 Å². The summed E-state index contributed by atoms with van der Waals surface area (Å²) in [6.45, 7) is 1.75. The minimum Gasteiger partial charge on any atom is -0.353 e. The first-order valence-corrected chi connectivity index (χ1v) is 9.08. The van der Waals surface area contributed by atoms with Gasteiger partial charge in [-0.05, 0) is 43.9 Å². The SMILES string of the molecule is O=C(CN1CCC(NC(=O)C2CC2)CC1)Nc1ccc(Br)cc1F. The summed E-state index contributed by atoms with van der Waals surface area (Å²) in [7, 11) is 0. The summed E-state index contributed by atoms with van der Waals surface area (Å²) in [5.74, 6) is -0.276. The molecule has 7 heteroatoms. The Morgan fingerprint density at radius 2 is 1.92 bits per heavy atom. The molecule has 2 aliphatic rings. The quantitative estimate of drug-likeness (QED) is 0.802. The molecule has 1 aromatic rings. The van der Waals surface area contributed by atoms with E-state index >= 15 is 0 Å². The molecular formula is C17H21BrFN3O2. The zero-order valence-electron chi connectivity index (χ0n) is 13.4. The first-order chi connectivity index (χ1) is 11.5. The number of piperidine rings is 1. The van der Waals surface area contributed by atoms with E-state index in [1.54, 1.807) is 6.07 Å². The minimum atomic E-state index is -0.459. The lowest BCUT2D eigenvalue weighted by molar-refractivity contribution is -0.123. The average Bonchev–Trinajstić information content (AvgIpc) is 3.37. The monoisotopic (exact) mass is 397 g/mol. The largest absolute Gasteiger partial charge is 0.353 e. The molecule has 0 bridgehead atoms. The standard InChI is InChI=1S/C17H21BrFN3O2/c18-12-3-4-15(14(19)9-12)21-16(23)10-22-7-5-13(6-8-22)20-17(24)11-1-2-11/h3-4,9,11,13H,1-2,5-8,10H2,(H,20,24)(H,21,23). The third-order valence-corrected chi connectivity index (χ3v) is 4.95. The summed E-state index contributed by atoms with van der Waals surface area (Å²) in [6.07, 6.45) is 3.71. The van der Waals surface area contributed by atoms with Gasteiger partial charge in [0.2, 0.25) is 11.8 Å². The van der Waals surface area contributed by atoms with E-state index in [-0.39, 0.29) is 36.0 Å². The fourth-order valence-electron chi connectivity index (χ4n) is 2.88. The number of anilines is 1. The van der Waals surface area contributed by atoms with Gasteiger partial charge >= 0.3 is 0 Å². The number of hydrogen-bond donors (Lipinski definition) is 2. The summed E-state index contributed by atoms with van der Waals surface area (Å²) >= 11 is 3.19. The third kappa shape index (κ3) is 4.77. The summed E-state index contributed by atoms with van der Waals surface area (Å²) in [5.41, 5.74) is 0.190. The van der Waals surface area contributed by atoms with Gasteiger partial charge in [0.25, 0.3) is 0 Å². The van der Waals surface area contributed by atoms with Crippen molar-refractivity contribution in [3.05, 3.63) is 28.5 Å². The molecular weight excluding hydrogens is 377 g/mol. The number of carbonyl (C=O) groups excluding carboxylic acids is 2. The van der Waals surface area contributed by atoms with E-state index in [1.807, 2.05) is 4.90 Å². The van der Waals surface area contributed by atoms with E-state index in [0.29, 0.717) is 4.47 Å². The van der Waals surface area contributed by atoms with Crippen molar-refractivity contribution in [2.75, 3.05) is 25.0 Å². The molecule has 2 amide bonds. The van der Waals surface area contributed by atoms with Crippen molar-refractivity contribution in [1.29, 1.82) is 0 Å². The van der Waals surface area contributed by atoms with Crippen LogP contribution in [0.2, 0.25) is 0 Å². The molecule has 0 spiro atoms. The lowest BCUT2D eigenvalue weighted by atomic mass is 10.0. The van der Waals surface area contributed by atoms with Crippen LogP contribution in [0.3, 0.4) is 0 Å². The Morgan fingerprint density at radius 3 is 2.54 bits per heavy atom. The highest BCUT2D eigenvalue weighted by atomic mass is 79.9. The van der Waals surface area contributed by atoms with Crippen LogP contribution in [0.4, 0.5) is 10.1 Å². The first-order valence-electron chi connectivity index (χ1n) is 8.29. The van der Waals surface area contributed by atoms with Crippen LogP contribution in [0.15, 0.2) is 22.7 Å². The summed E-state index contributed by atoms with van der Waals surface area (Å²) < 4.78 is 14.4. The van der Waals surface area contributed by atoms with E-state index in [1.165, 1.54) is 12.1 Å². The number of amides is 2. The number of nitrogens with one attached hydrogen (secondary N) is 2. The zero-order valence-corrected chi connectivity index (χ0v) is 14.9. The number of likely N-dealkylation sites (tertiary alicyclic amines) is 1. The van der Waals surface area contributed by atoms with Gasteiger partial charge in [0.1, 0.15) is 5.82 Å². The summed E-state index contributed by atoms with van der Waals surface area (Å²) in [4.78, 5) is 25.9.